The average Bonchev–Trinajstić information content (AvgIpc) is 2.25. The molecule has 0 bridgehead atoms. The second-order valence-electron chi connectivity index (χ2n) is 4.29. The minimum atomic E-state index is 0.0744. The summed E-state index contributed by atoms with van der Waals surface area (Å²) in [5.74, 6) is 0.562. The van der Waals surface area contributed by atoms with Crippen molar-refractivity contribution >= 4 is 0 Å². The van der Waals surface area contributed by atoms with Gasteiger partial charge in [0.15, 0.2) is 6.29 Å². The van der Waals surface area contributed by atoms with Crippen molar-refractivity contribution in [1.29, 1.82) is 0 Å². The van der Waals surface area contributed by atoms with Gasteiger partial charge < -0.3 is 9.47 Å². The molecule has 0 spiro atoms. The van der Waals surface area contributed by atoms with Crippen LogP contribution in [-0.4, -0.2) is 19.5 Å². The number of ether oxygens (including phenoxy) is 2. The molecule has 0 saturated carbocycles. The smallest absolute Gasteiger partial charge is 0.160 e. The first-order chi connectivity index (χ1) is 6.84. The summed E-state index contributed by atoms with van der Waals surface area (Å²) in [6.07, 6.45) is 7.71. The van der Waals surface area contributed by atoms with Gasteiger partial charge in [-0.3, -0.25) is 0 Å². The maximum absolute atomic E-state index is 5.57. The van der Waals surface area contributed by atoms with Gasteiger partial charge in [0, 0.05) is 5.92 Å². The van der Waals surface area contributed by atoms with Gasteiger partial charge in [0.1, 0.15) is 0 Å². The molecular formula is C12H24O2. The highest BCUT2D eigenvalue weighted by Crippen LogP contribution is 2.20. The van der Waals surface area contributed by atoms with E-state index in [4.69, 9.17) is 9.47 Å². The van der Waals surface area contributed by atoms with Crippen molar-refractivity contribution in [2.75, 3.05) is 13.2 Å². The number of rotatable bonds is 6. The molecule has 1 heterocycles. The maximum atomic E-state index is 5.57. The van der Waals surface area contributed by atoms with Crippen LogP contribution in [0.2, 0.25) is 0 Å². The fourth-order valence-electron chi connectivity index (χ4n) is 1.86. The van der Waals surface area contributed by atoms with Crippen molar-refractivity contribution in [3.05, 3.63) is 0 Å². The molecular weight excluding hydrogens is 176 g/mol. The van der Waals surface area contributed by atoms with Gasteiger partial charge in [-0.1, -0.05) is 39.5 Å². The first kappa shape index (κ1) is 12.0. The van der Waals surface area contributed by atoms with E-state index in [0.29, 0.717) is 5.92 Å². The molecule has 2 nitrogen and oxygen atoms in total. The van der Waals surface area contributed by atoms with Gasteiger partial charge in [0.25, 0.3) is 0 Å². The summed E-state index contributed by atoms with van der Waals surface area (Å²) in [5, 5.41) is 0. The van der Waals surface area contributed by atoms with Gasteiger partial charge in [-0.2, -0.15) is 0 Å². The van der Waals surface area contributed by atoms with Gasteiger partial charge in [-0.15, -0.1) is 0 Å². The lowest BCUT2D eigenvalue weighted by molar-refractivity contribution is -0.203. The van der Waals surface area contributed by atoms with Crippen LogP contribution in [0.15, 0.2) is 0 Å². The van der Waals surface area contributed by atoms with Crippen LogP contribution >= 0.6 is 0 Å². The Bertz CT molecular complexity index is 130. The Morgan fingerprint density at radius 1 is 1.14 bits per heavy atom. The lowest BCUT2D eigenvalue weighted by Crippen LogP contribution is -2.30. The zero-order valence-electron chi connectivity index (χ0n) is 9.63. The molecule has 1 saturated heterocycles. The topological polar surface area (TPSA) is 18.5 Å². The van der Waals surface area contributed by atoms with Crippen molar-refractivity contribution in [3.8, 4) is 0 Å². The molecule has 1 atom stereocenters. The molecule has 1 fully saturated rings. The maximum Gasteiger partial charge on any atom is 0.160 e. The Hall–Kier alpha value is -0.0800. The van der Waals surface area contributed by atoms with Crippen LogP contribution in [0, 0.1) is 5.92 Å². The minimum Gasteiger partial charge on any atom is -0.352 e. The Kier molecular flexibility index (Phi) is 6.20. The molecule has 1 rings (SSSR count). The van der Waals surface area contributed by atoms with E-state index < -0.39 is 0 Å². The number of hydrogen-bond acceptors (Lipinski definition) is 2. The Morgan fingerprint density at radius 2 is 1.86 bits per heavy atom. The predicted molar refractivity (Wildman–Crippen MR) is 58.2 cm³/mol. The van der Waals surface area contributed by atoms with Crippen molar-refractivity contribution in [3.63, 3.8) is 0 Å². The zero-order valence-corrected chi connectivity index (χ0v) is 9.63. The standard InChI is InChI=1S/C12H24O2/c1-3-4-5-6-8-11(2)12-13-9-7-10-14-12/h11-12H,3-10H2,1-2H3/t11-/m0/s1. The molecule has 14 heavy (non-hydrogen) atoms. The third-order valence-electron chi connectivity index (χ3n) is 2.83. The highest BCUT2D eigenvalue weighted by atomic mass is 16.7. The number of hydrogen-bond donors (Lipinski definition) is 0. The molecule has 0 radical (unpaired) electrons. The highest BCUT2D eigenvalue weighted by Gasteiger charge is 2.20. The van der Waals surface area contributed by atoms with E-state index in [-0.39, 0.29) is 6.29 Å². The molecule has 1 aliphatic rings. The van der Waals surface area contributed by atoms with Crippen LogP contribution in [0.1, 0.15) is 52.4 Å². The van der Waals surface area contributed by atoms with Crippen LogP contribution in [-0.2, 0) is 9.47 Å². The van der Waals surface area contributed by atoms with Gasteiger partial charge in [0.2, 0.25) is 0 Å². The molecule has 0 amide bonds. The van der Waals surface area contributed by atoms with Crippen LogP contribution in [0.5, 0.6) is 0 Å². The first-order valence-electron chi connectivity index (χ1n) is 6.07. The van der Waals surface area contributed by atoms with Crippen LogP contribution in [0.3, 0.4) is 0 Å². The minimum absolute atomic E-state index is 0.0744. The molecule has 0 aromatic carbocycles. The van der Waals surface area contributed by atoms with Crippen LogP contribution < -0.4 is 0 Å². The van der Waals surface area contributed by atoms with Crippen molar-refractivity contribution in [1.82, 2.24) is 0 Å². The van der Waals surface area contributed by atoms with Gasteiger partial charge >= 0.3 is 0 Å². The summed E-state index contributed by atoms with van der Waals surface area (Å²) < 4.78 is 11.1. The first-order valence-corrected chi connectivity index (χ1v) is 6.07. The second-order valence-corrected chi connectivity index (χ2v) is 4.29. The van der Waals surface area contributed by atoms with Crippen molar-refractivity contribution in [2.45, 2.75) is 58.7 Å². The lowest BCUT2D eigenvalue weighted by atomic mass is 10.0. The third kappa shape index (κ3) is 4.43. The third-order valence-corrected chi connectivity index (χ3v) is 2.83. The normalized spacial score (nSPS) is 21.0. The highest BCUT2D eigenvalue weighted by molar-refractivity contribution is 4.61. The van der Waals surface area contributed by atoms with Crippen molar-refractivity contribution in [2.24, 2.45) is 5.92 Å². The molecule has 1 aliphatic heterocycles. The predicted octanol–water partition coefficient (Wildman–Crippen LogP) is 3.36. The Balaban J connectivity index is 2.04. The summed E-state index contributed by atoms with van der Waals surface area (Å²) in [5.41, 5.74) is 0. The molecule has 2 heteroatoms. The quantitative estimate of drug-likeness (QED) is 0.612. The molecule has 0 unspecified atom stereocenters. The molecule has 0 N–H and O–H groups in total. The SMILES string of the molecule is CCCCCC[C@H](C)C1OCCCO1. The van der Waals surface area contributed by atoms with Gasteiger partial charge in [-0.25, -0.2) is 0 Å². The summed E-state index contributed by atoms with van der Waals surface area (Å²) in [6, 6.07) is 0. The lowest BCUT2D eigenvalue weighted by Gasteiger charge is -2.28. The summed E-state index contributed by atoms with van der Waals surface area (Å²) in [6.45, 7) is 6.24. The summed E-state index contributed by atoms with van der Waals surface area (Å²) in [4.78, 5) is 0. The van der Waals surface area contributed by atoms with Crippen LogP contribution in [0.25, 0.3) is 0 Å². The second kappa shape index (κ2) is 7.24. The van der Waals surface area contributed by atoms with E-state index >= 15 is 0 Å². The van der Waals surface area contributed by atoms with E-state index in [2.05, 4.69) is 13.8 Å². The van der Waals surface area contributed by atoms with Crippen LogP contribution in [0.4, 0.5) is 0 Å². The van der Waals surface area contributed by atoms with E-state index in [1.807, 2.05) is 0 Å². The van der Waals surface area contributed by atoms with E-state index in [1.165, 1.54) is 32.1 Å². The van der Waals surface area contributed by atoms with E-state index in [0.717, 1.165) is 19.6 Å². The average molecular weight is 200 g/mol. The number of unbranched alkanes of at least 4 members (excludes halogenated alkanes) is 3. The zero-order chi connectivity index (χ0) is 10.2. The molecule has 0 aromatic heterocycles. The fraction of sp³-hybridized carbons (Fsp3) is 1.00. The van der Waals surface area contributed by atoms with Gasteiger partial charge in [-0.05, 0) is 12.8 Å². The Labute approximate surface area is 88.0 Å². The largest absolute Gasteiger partial charge is 0.352 e. The Morgan fingerprint density at radius 3 is 2.50 bits per heavy atom. The van der Waals surface area contributed by atoms with Gasteiger partial charge in [0.05, 0.1) is 13.2 Å². The molecule has 0 aromatic rings. The van der Waals surface area contributed by atoms with E-state index in [1.54, 1.807) is 0 Å². The molecule has 0 aliphatic carbocycles. The monoisotopic (exact) mass is 200 g/mol. The summed E-state index contributed by atoms with van der Waals surface area (Å²) in [7, 11) is 0. The van der Waals surface area contributed by atoms with Crippen molar-refractivity contribution < 1.29 is 9.47 Å². The molecule has 84 valence electrons. The summed E-state index contributed by atoms with van der Waals surface area (Å²) >= 11 is 0. The fourth-order valence-corrected chi connectivity index (χ4v) is 1.86. The van der Waals surface area contributed by atoms with E-state index in [9.17, 15) is 0 Å².